The van der Waals surface area contributed by atoms with E-state index in [1.54, 1.807) is 0 Å². The number of hydrogen-bond acceptors (Lipinski definition) is 2. The molecule has 0 aliphatic heterocycles. The minimum Gasteiger partial charge on any atom is -0.260 e. The van der Waals surface area contributed by atoms with Gasteiger partial charge in [-0.25, -0.2) is 0 Å². The quantitative estimate of drug-likeness (QED) is 0.518. The molecule has 0 aliphatic carbocycles. The molecule has 0 N–H and O–H groups in total. The smallest absolute Gasteiger partial charge is 0.260 e. The summed E-state index contributed by atoms with van der Waals surface area (Å²) in [6.07, 6.45) is 0. The molecule has 0 rings (SSSR count). The van der Waals surface area contributed by atoms with Gasteiger partial charge < -0.3 is 0 Å². The van der Waals surface area contributed by atoms with Crippen molar-refractivity contribution in [2.75, 3.05) is 5.75 Å². The molecule has 0 saturated heterocycles. The molecule has 0 radical (unpaired) electrons. The molecule has 0 aromatic heterocycles. The standard InChI is InChI=1S/C2H2FIOS/c3-2(5)1-6-4/h1H2. The van der Waals surface area contributed by atoms with Gasteiger partial charge in [0.25, 0.3) is 0 Å². The molecule has 6 heavy (non-hydrogen) atoms. The van der Waals surface area contributed by atoms with Crippen molar-refractivity contribution in [3.05, 3.63) is 0 Å². The molecular formula is C2H2FIOS. The van der Waals surface area contributed by atoms with Gasteiger partial charge in [-0.15, -0.1) is 0 Å². The fourth-order valence-electron chi connectivity index (χ4n) is 0.0429. The lowest BCUT2D eigenvalue weighted by atomic mass is 10.9. The van der Waals surface area contributed by atoms with Gasteiger partial charge in [0, 0.05) is 0 Å². The molecule has 36 valence electrons. The number of rotatable bonds is 2. The van der Waals surface area contributed by atoms with Crippen LogP contribution in [0.4, 0.5) is 4.39 Å². The Kier molecular flexibility index (Phi) is 4.29. The summed E-state index contributed by atoms with van der Waals surface area (Å²) in [5.41, 5.74) is 0. The molecule has 0 aromatic rings. The highest BCUT2D eigenvalue weighted by atomic mass is 127. The lowest BCUT2D eigenvalue weighted by Gasteiger charge is -1.74. The molecular weight excluding hydrogens is 218 g/mol. The van der Waals surface area contributed by atoms with Crippen LogP contribution >= 0.6 is 30.1 Å². The monoisotopic (exact) mass is 220 g/mol. The average molecular weight is 220 g/mol. The Morgan fingerprint density at radius 3 is 2.50 bits per heavy atom. The van der Waals surface area contributed by atoms with E-state index >= 15 is 0 Å². The van der Waals surface area contributed by atoms with Gasteiger partial charge in [-0.05, 0) is 21.2 Å². The van der Waals surface area contributed by atoms with E-state index in [9.17, 15) is 9.18 Å². The number of carbonyl (C=O) groups is 1. The van der Waals surface area contributed by atoms with E-state index in [4.69, 9.17) is 0 Å². The molecule has 0 atom stereocenters. The zero-order chi connectivity index (χ0) is 4.99. The highest BCUT2D eigenvalue weighted by Gasteiger charge is 1.91. The minimum absolute atomic E-state index is 0.0272. The van der Waals surface area contributed by atoms with Crippen LogP contribution in [0.1, 0.15) is 0 Å². The second-order valence-electron chi connectivity index (χ2n) is 0.609. The van der Waals surface area contributed by atoms with Gasteiger partial charge in [-0.2, -0.15) is 4.39 Å². The maximum atomic E-state index is 11.0. The molecule has 0 aromatic carbocycles. The first-order valence-electron chi connectivity index (χ1n) is 1.19. The van der Waals surface area contributed by atoms with Gasteiger partial charge >= 0.3 is 6.04 Å². The summed E-state index contributed by atoms with van der Waals surface area (Å²) in [6, 6.07) is -1.26. The Balaban J connectivity index is 2.83. The molecule has 1 nitrogen and oxygen atoms in total. The second kappa shape index (κ2) is 3.86. The van der Waals surface area contributed by atoms with Crippen LogP contribution < -0.4 is 0 Å². The summed E-state index contributed by atoms with van der Waals surface area (Å²) < 4.78 is 11.0. The van der Waals surface area contributed by atoms with Crippen LogP contribution in [-0.4, -0.2) is 11.8 Å². The first-order chi connectivity index (χ1) is 2.77. The van der Waals surface area contributed by atoms with Crippen LogP contribution in [0.3, 0.4) is 0 Å². The number of carbonyl (C=O) groups excluding carboxylic acids is 1. The zero-order valence-electron chi connectivity index (χ0n) is 2.78. The van der Waals surface area contributed by atoms with E-state index in [-0.39, 0.29) is 5.75 Å². The minimum atomic E-state index is -1.26. The van der Waals surface area contributed by atoms with Gasteiger partial charge in [-0.3, -0.25) is 4.79 Å². The van der Waals surface area contributed by atoms with Crippen molar-refractivity contribution in [2.24, 2.45) is 0 Å². The largest absolute Gasteiger partial charge is 0.312 e. The van der Waals surface area contributed by atoms with Gasteiger partial charge in [0.2, 0.25) is 0 Å². The molecule has 0 aliphatic rings. The molecule has 4 heteroatoms. The summed E-state index contributed by atoms with van der Waals surface area (Å²) >= 11 is 1.86. The molecule has 0 unspecified atom stereocenters. The van der Waals surface area contributed by atoms with Gasteiger partial charge in [-0.1, -0.05) is 8.93 Å². The Morgan fingerprint density at radius 2 is 2.50 bits per heavy atom. The maximum absolute atomic E-state index is 11.0. The van der Waals surface area contributed by atoms with E-state index in [0.29, 0.717) is 0 Å². The Bertz CT molecular complexity index is 57.5. The Labute approximate surface area is 51.3 Å². The predicted octanol–water partition coefficient (Wildman–Crippen LogP) is 1.57. The molecule has 0 heterocycles. The van der Waals surface area contributed by atoms with E-state index < -0.39 is 6.04 Å². The van der Waals surface area contributed by atoms with Crippen molar-refractivity contribution in [3.63, 3.8) is 0 Å². The van der Waals surface area contributed by atoms with Crippen molar-refractivity contribution in [2.45, 2.75) is 0 Å². The Hall–Kier alpha value is 0.680. The van der Waals surface area contributed by atoms with Crippen molar-refractivity contribution in [1.82, 2.24) is 0 Å². The highest BCUT2D eigenvalue weighted by Crippen LogP contribution is 2.09. The third kappa shape index (κ3) is 4.68. The van der Waals surface area contributed by atoms with E-state index in [2.05, 4.69) is 0 Å². The Morgan fingerprint density at radius 1 is 2.00 bits per heavy atom. The number of hydrogen-bond donors (Lipinski definition) is 0. The summed E-state index contributed by atoms with van der Waals surface area (Å²) in [7, 11) is 1.16. The van der Waals surface area contributed by atoms with Gasteiger partial charge in [0.15, 0.2) is 0 Å². The average Bonchev–Trinajstić information content (AvgIpc) is 1.35. The number of halogens is 2. The van der Waals surface area contributed by atoms with Crippen molar-refractivity contribution in [1.29, 1.82) is 0 Å². The molecule has 0 spiro atoms. The van der Waals surface area contributed by atoms with Crippen LogP contribution in [0.15, 0.2) is 0 Å². The topological polar surface area (TPSA) is 17.1 Å². The fourth-order valence-corrected chi connectivity index (χ4v) is 0.863. The van der Waals surface area contributed by atoms with Crippen LogP contribution in [0, 0.1) is 0 Å². The highest BCUT2D eigenvalue weighted by molar-refractivity contribution is 14.2. The molecule has 0 bridgehead atoms. The van der Waals surface area contributed by atoms with Crippen LogP contribution in [0.2, 0.25) is 0 Å². The third-order valence-electron chi connectivity index (χ3n) is 0.168. The first-order valence-corrected chi connectivity index (χ1v) is 4.72. The van der Waals surface area contributed by atoms with E-state index in [0.717, 1.165) is 8.93 Å². The molecule has 0 saturated carbocycles. The summed E-state index contributed by atoms with van der Waals surface area (Å²) in [5, 5.41) is 0. The maximum Gasteiger partial charge on any atom is 0.312 e. The third-order valence-corrected chi connectivity index (χ3v) is 1.44. The summed E-state index contributed by atoms with van der Waals surface area (Å²) in [4.78, 5) is 9.35. The second-order valence-corrected chi connectivity index (χ2v) is 2.98. The van der Waals surface area contributed by atoms with Crippen molar-refractivity contribution in [3.8, 4) is 0 Å². The molecule has 0 amide bonds. The first kappa shape index (κ1) is 6.68. The van der Waals surface area contributed by atoms with Crippen LogP contribution in [0.5, 0.6) is 0 Å². The lowest BCUT2D eigenvalue weighted by molar-refractivity contribution is -0.126. The van der Waals surface area contributed by atoms with Crippen molar-refractivity contribution < 1.29 is 9.18 Å². The SMILES string of the molecule is O=C(F)CSI. The summed E-state index contributed by atoms with van der Waals surface area (Å²) in [6.45, 7) is 0. The van der Waals surface area contributed by atoms with E-state index in [1.165, 1.54) is 0 Å². The molecule has 0 fully saturated rings. The van der Waals surface area contributed by atoms with E-state index in [1.807, 2.05) is 21.2 Å². The zero-order valence-corrected chi connectivity index (χ0v) is 5.75. The lowest BCUT2D eigenvalue weighted by Crippen LogP contribution is -1.85. The normalized spacial score (nSPS) is 8.33. The summed E-state index contributed by atoms with van der Waals surface area (Å²) in [5.74, 6) is -0.0272. The van der Waals surface area contributed by atoms with Crippen molar-refractivity contribution >= 4 is 36.2 Å². The predicted molar refractivity (Wildman–Crippen MR) is 32.6 cm³/mol. The van der Waals surface area contributed by atoms with Gasteiger partial charge in [0.1, 0.15) is 0 Å². The fraction of sp³-hybridized carbons (Fsp3) is 0.500. The van der Waals surface area contributed by atoms with Crippen LogP contribution in [0.25, 0.3) is 0 Å². The van der Waals surface area contributed by atoms with Gasteiger partial charge in [0.05, 0.1) is 5.75 Å². The van der Waals surface area contributed by atoms with Crippen LogP contribution in [-0.2, 0) is 4.79 Å².